The van der Waals surface area contributed by atoms with E-state index < -0.39 is 0 Å². The average Bonchev–Trinajstić information content (AvgIpc) is 2.03. The Kier molecular flexibility index (Phi) is 1.87. The Balaban J connectivity index is 2.88. The molecule has 0 bridgehead atoms. The third-order valence-electron chi connectivity index (χ3n) is 2.92. The molecule has 0 fully saturated rings. The van der Waals surface area contributed by atoms with Crippen LogP contribution in [0.3, 0.4) is 0 Å². The van der Waals surface area contributed by atoms with Gasteiger partial charge in [0.15, 0.2) is 0 Å². The van der Waals surface area contributed by atoms with Gasteiger partial charge in [-0.05, 0) is 16.7 Å². The van der Waals surface area contributed by atoms with Gasteiger partial charge in [0.1, 0.15) is 0 Å². The molecule has 1 N–H and O–H groups in total. The molecule has 0 aromatic rings. The van der Waals surface area contributed by atoms with Crippen LogP contribution in [0, 0.1) is 16.7 Å². The van der Waals surface area contributed by atoms with E-state index in [9.17, 15) is 5.11 Å². The molecule has 1 nitrogen and oxygen atoms in total. The van der Waals surface area contributed by atoms with E-state index in [0.29, 0.717) is 5.92 Å². The zero-order valence-electron chi connectivity index (χ0n) is 7.89. The van der Waals surface area contributed by atoms with Crippen LogP contribution in [-0.4, -0.2) is 11.7 Å². The highest BCUT2D eigenvalue weighted by Crippen LogP contribution is 2.47. The molecule has 0 atom stereocenters. The van der Waals surface area contributed by atoms with Crippen molar-refractivity contribution in [1.82, 2.24) is 0 Å². The van der Waals surface area contributed by atoms with Gasteiger partial charge in [-0.25, -0.2) is 0 Å². The van der Waals surface area contributed by atoms with Gasteiger partial charge in [0.05, 0.1) is 0 Å². The van der Waals surface area contributed by atoms with Crippen molar-refractivity contribution < 1.29 is 5.11 Å². The second-order valence-corrected chi connectivity index (χ2v) is 4.71. The highest BCUT2D eigenvalue weighted by Gasteiger charge is 2.41. The minimum absolute atomic E-state index is 0.165. The third kappa shape index (κ3) is 1.34. The number of hydrogen-bond acceptors (Lipinski definition) is 1. The maximum Gasteiger partial charge on any atom is 0.0475 e. The van der Waals surface area contributed by atoms with E-state index in [1.54, 1.807) is 0 Å². The average molecular weight is 154 g/mol. The van der Waals surface area contributed by atoms with E-state index in [4.69, 9.17) is 0 Å². The summed E-state index contributed by atoms with van der Waals surface area (Å²) in [4.78, 5) is 0. The van der Waals surface area contributed by atoms with Crippen molar-refractivity contribution in [3.05, 3.63) is 12.2 Å². The first-order valence-electron chi connectivity index (χ1n) is 4.21. The summed E-state index contributed by atoms with van der Waals surface area (Å²) in [6.45, 7) is 9.00. The maximum absolute atomic E-state index is 9.20. The number of aliphatic hydroxyl groups excluding tert-OH is 1. The summed E-state index contributed by atoms with van der Waals surface area (Å²) >= 11 is 0. The van der Waals surface area contributed by atoms with E-state index in [0.717, 1.165) is 0 Å². The van der Waals surface area contributed by atoms with Gasteiger partial charge in [-0.15, -0.1) is 0 Å². The second kappa shape index (κ2) is 2.34. The Hall–Kier alpha value is -0.300. The molecule has 0 aromatic carbocycles. The maximum atomic E-state index is 9.20. The van der Waals surface area contributed by atoms with Gasteiger partial charge in [0, 0.05) is 6.61 Å². The van der Waals surface area contributed by atoms with Crippen molar-refractivity contribution in [1.29, 1.82) is 0 Å². The van der Waals surface area contributed by atoms with E-state index in [1.165, 1.54) is 0 Å². The molecule has 1 aliphatic rings. The van der Waals surface area contributed by atoms with E-state index >= 15 is 0 Å². The zero-order valence-corrected chi connectivity index (χ0v) is 7.89. The monoisotopic (exact) mass is 154 g/mol. The first-order chi connectivity index (χ1) is 4.90. The van der Waals surface area contributed by atoms with Crippen LogP contribution in [0.5, 0.6) is 0 Å². The topological polar surface area (TPSA) is 20.2 Å². The molecule has 11 heavy (non-hydrogen) atoms. The number of rotatable bonds is 1. The lowest BCUT2D eigenvalue weighted by Gasteiger charge is -2.34. The Labute approximate surface area is 69.1 Å². The number of aliphatic hydroxyl groups is 1. The molecule has 0 radical (unpaired) electrons. The summed E-state index contributed by atoms with van der Waals surface area (Å²) in [5.41, 5.74) is 0.330. The Morgan fingerprint density at radius 2 is 1.45 bits per heavy atom. The molecule has 0 aromatic heterocycles. The highest BCUT2D eigenvalue weighted by molar-refractivity contribution is 5.16. The van der Waals surface area contributed by atoms with Crippen LogP contribution in [0.25, 0.3) is 0 Å². The van der Waals surface area contributed by atoms with E-state index in [1.807, 2.05) is 0 Å². The molecule has 0 heterocycles. The Morgan fingerprint density at radius 3 is 1.64 bits per heavy atom. The van der Waals surface area contributed by atoms with Gasteiger partial charge in [0.25, 0.3) is 0 Å². The first-order valence-corrected chi connectivity index (χ1v) is 4.21. The molecule has 0 amide bonds. The van der Waals surface area contributed by atoms with Crippen molar-refractivity contribution in [2.24, 2.45) is 16.7 Å². The molecule has 0 aliphatic heterocycles. The normalized spacial score (nSPS) is 27.7. The van der Waals surface area contributed by atoms with Gasteiger partial charge in [-0.2, -0.15) is 0 Å². The van der Waals surface area contributed by atoms with Gasteiger partial charge in [-0.1, -0.05) is 39.8 Å². The second-order valence-electron chi connectivity index (χ2n) is 4.71. The fourth-order valence-corrected chi connectivity index (χ4v) is 2.09. The molecular formula is C10H18O. The van der Waals surface area contributed by atoms with Crippen molar-refractivity contribution in [3.63, 3.8) is 0 Å². The molecule has 0 unspecified atom stereocenters. The minimum Gasteiger partial charge on any atom is -0.396 e. The molecule has 1 aliphatic carbocycles. The molecule has 0 saturated heterocycles. The van der Waals surface area contributed by atoms with Crippen molar-refractivity contribution >= 4 is 0 Å². The fraction of sp³-hybridized carbons (Fsp3) is 0.800. The standard InChI is InChI=1S/C10H18O/c1-9(2)5-6-10(3,4)8(9)7-11/h5-6,8,11H,7H2,1-4H3. The molecular weight excluding hydrogens is 136 g/mol. The largest absolute Gasteiger partial charge is 0.396 e. The van der Waals surface area contributed by atoms with Crippen LogP contribution in [0.4, 0.5) is 0 Å². The van der Waals surface area contributed by atoms with E-state index in [-0.39, 0.29) is 17.4 Å². The van der Waals surface area contributed by atoms with Crippen molar-refractivity contribution in [2.75, 3.05) is 6.61 Å². The minimum atomic E-state index is 0.165. The molecule has 0 saturated carbocycles. The van der Waals surface area contributed by atoms with Crippen molar-refractivity contribution in [2.45, 2.75) is 27.7 Å². The summed E-state index contributed by atoms with van der Waals surface area (Å²) in [6, 6.07) is 0. The Morgan fingerprint density at radius 1 is 1.09 bits per heavy atom. The zero-order chi connectivity index (χ0) is 8.70. The molecule has 64 valence electrons. The SMILES string of the molecule is CC1(C)C=CC(C)(C)C1CO. The lowest BCUT2D eigenvalue weighted by atomic mass is 9.72. The van der Waals surface area contributed by atoms with Crippen molar-refractivity contribution in [3.8, 4) is 0 Å². The number of hydrogen-bond donors (Lipinski definition) is 1. The van der Waals surface area contributed by atoms with E-state index in [2.05, 4.69) is 39.8 Å². The quantitative estimate of drug-likeness (QED) is 0.574. The molecule has 1 heteroatoms. The highest BCUT2D eigenvalue weighted by atomic mass is 16.3. The molecule has 1 rings (SSSR count). The van der Waals surface area contributed by atoms with Gasteiger partial charge < -0.3 is 5.11 Å². The Bertz CT molecular complexity index is 159. The van der Waals surface area contributed by atoms with Crippen LogP contribution >= 0.6 is 0 Å². The molecule has 0 spiro atoms. The van der Waals surface area contributed by atoms with Crippen LogP contribution in [0.1, 0.15) is 27.7 Å². The predicted octanol–water partition coefficient (Wildman–Crippen LogP) is 2.22. The van der Waals surface area contributed by atoms with Crippen LogP contribution in [0.15, 0.2) is 12.2 Å². The van der Waals surface area contributed by atoms with Gasteiger partial charge in [-0.3, -0.25) is 0 Å². The van der Waals surface area contributed by atoms with Crippen LogP contribution in [-0.2, 0) is 0 Å². The summed E-state index contributed by atoms with van der Waals surface area (Å²) in [6.07, 6.45) is 4.43. The van der Waals surface area contributed by atoms with Gasteiger partial charge in [0.2, 0.25) is 0 Å². The lowest BCUT2D eigenvalue weighted by Crippen LogP contribution is -2.31. The summed E-state index contributed by atoms with van der Waals surface area (Å²) < 4.78 is 0. The lowest BCUT2D eigenvalue weighted by molar-refractivity contribution is 0.0918. The first kappa shape index (κ1) is 8.79. The number of allylic oxidation sites excluding steroid dienone is 2. The smallest absolute Gasteiger partial charge is 0.0475 e. The predicted molar refractivity (Wildman–Crippen MR) is 47.3 cm³/mol. The van der Waals surface area contributed by atoms with Gasteiger partial charge >= 0.3 is 0 Å². The summed E-state index contributed by atoms with van der Waals surface area (Å²) in [5, 5.41) is 9.20. The summed E-state index contributed by atoms with van der Waals surface area (Å²) in [7, 11) is 0. The van der Waals surface area contributed by atoms with Crippen LogP contribution < -0.4 is 0 Å². The fourth-order valence-electron chi connectivity index (χ4n) is 2.09. The third-order valence-corrected chi connectivity index (χ3v) is 2.92. The van der Waals surface area contributed by atoms with Crippen LogP contribution in [0.2, 0.25) is 0 Å². The summed E-state index contributed by atoms with van der Waals surface area (Å²) in [5.74, 6) is 0.370.